The number of halogens is 2. The summed E-state index contributed by atoms with van der Waals surface area (Å²) in [5.74, 6) is 0.214. The van der Waals surface area contributed by atoms with E-state index in [1.54, 1.807) is 25.3 Å². The summed E-state index contributed by atoms with van der Waals surface area (Å²) in [7, 11) is 1.60. The number of para-hydroxylation sites is 1. The molecule has 0 aliphatic carbocycles. The standard InChI is InChI=1S/C24H18ClIN2O2/c1-30-23-13-16(11-18(15-27)24(29)28-19-8-3-2-4-9-19)12-22(26)20(23)14-17-7-5-6-10-21(17)25/h2-13H,14H2,1H3,(H,28,29)/b18-11+. The fourth-order valence-corrected chi connectivity index (χ4v) is 3.95. The van der Waals surface area contributed by atoms with Gasteiger partial charge >= 0.3 is 0 Å². The zero-order valence-corrected chi connectivity index (χ0v) is 19.1. The topological polar surface area (TPSA) is 62.1 Å². The van der Waals surface area contributed by atoms with Gasteiger partial charge in [-0.3, -0.25) is 4.79 Å². The van der Waals surface area contributed by atoms with Gasteiger partial charge in [-0.25, -0.2) is 0 Å². The van der Waals surface area contributed by atoms with Crippen LogP contribution >= 0.6 is 34.2 Å². The number of anilines is 1. The molecule has 1 amide bonds. The van der Waals surface area contributed by atoms with Crippen LogP contribution in [0.25, 0.3) is 6.08 Å². The lowest BCUT2D eigenvalue weighted by Crippen LogP contribution is -2.13. The van der Waals surface area contributed by atoms with Crippen molar-refractivity contribution >= 4 is 51.9 Å². The van der Waals surface area contributed by atoms with Crippen molar-refractivity contribution in [2.24, 2.45) is 0 Å². The smallest absolute Gasteiger partial charge is 0.266 e. The lowest BCUT2D eigenvalue weighted by Gasteiger charge is -2.13. The molecule has 0 aliphatic rings. The molecule has 3 aromatic rings. The molecule has 0 bridgehead atoms. The molecule has 0 saturated heterocycles. The molecule has 0 atom stereocenters. The number of ether oxygens (including phenoxy) is 1. The number of methoxy groups -OCH3 is 1. The zero-order valence-electron chi connectivity index (χ0n) is 16.2. The number of nitriles is 1. The average Bonchev–Trinajstić information content (AvgIpc) is 2.75. The summed E-state index contributed by atoms with van der Waals surface area (Å²) < 4.78 is 6.55. The summed E-state index contributed by atoms with van der Waals surface area (Å²) in [5.41, 5.74) is 3.34. The largest absolute Gasteiger partial charge is 0.496 e. The highest BCUT2D eigenvalue weighted by Crippen LogP contribution is 2.31. The number of rotatable bonds is 6. The van der Waals surface area contributed by atoms with Crippen molar-refractivity contribution in [2.45, 2.75) is 6.42 Å². The van der Waals surface area contributed by atoms with E-state index >= 15 is 0 Å². The van der Waals surface area contributed by atoms with E-state index in [4.69, 9.17) is 16.3 Å². The Labute approximate surface area is 194 Å². The van der Waals surface area contributed by atoms with Gasteiger partial charge in [0.25, 0.3) is 5.91 Å². The molecule has 150 valence electrons. The number of hydrogen-bond donors (Lipinski definition) is 1. The quantitative estimate of drug-likeness (QED) is 0.239. The number of benzene rings is 3. The number of hydrogen-bond acceptors (Lipinski definition) is 3. The van der Waals surface area contributed by atoms with Crippen LogP contribution in [-0.2, 0) is 11.2 Å². The second-order valence-electron chi connectivity index (χ2n) is 6.44. The van der Waals surface area contributed by atoms with Gasteiger partial charge in [-0.1, -0.05) is 48.0 Å². The minimum Gasteiger partial charge on any atom is -0.496 e. The molecule has 0 heterocycles. The molecule has 0 unspecified atom stereocenters. The summed E-state index contributed by atoms with van der Waals surface area (Å²) in [6.07, 6.45) is 2.17. The number of amides is 1. The molecule has 4 nitrogen and oxygen atoms in total. The van der Waals surface area contributed by atoms with Crippen LogP contribution in [0, 0.1) is 14.9 Å². The highest BCUT2D eigenvalue weighted by Gasteiger charge is 2.14. The summed E-state index contributed by atoms with van der Waals surface area (Å²) >= 11 is 8.54. The number of carbonyl (C=O) groups excluding carboxylic acids is 1. The van der Waals surface area contributed by atoms with Crippen LogP contribution in [0.4, 0.5) is 5.69 Å². The molecule has 0 aliphatic heterocycles. The molecular weight excluding hydrogens is 511 g/mol. The van der Waals surface area contributed by atoms with Gasteiger partial charge < -0.3 is 10.1 Å². The lowest BCUT2D eigenvalue weighted by molar-refractivity contribution is -0.112. The third kappa shape index (κ3) is 5.41. The maximum absolute atomic E-state index is 12.5. The Bertz CT molecular complexity index is 1140. The minimum atomic E-state index is -0.460. The van der Waals surface area contributed by atoms with Crippen LogP contribution in [0.5, 0.6) is 5.75 Å². The summed E-state index contributed by atoms with van der Waals surface area (Å²) in [6.45, 7) is 0. The van der Waals surface area contributed by atoms with Gasteiger partial charge in [0.05, 0.1) is 7.11 Å². The number of carbonyl (C=O) groups is 1. The summed E-state index contributed by atoms with van der Waals surface area (Å²) in [5, 5.41) is 12.9. The van der Waals surface area contributed by atoms with Crippen molar-refractivity contribution in [1.82, 2.24) is 0 Å². The summed E-state index contributed by atoms with van der Waals surface area (Å²) in [4.78, 5) is 12.5. The molecule has 6 heteroatoms. The molecule has 3 rings (SSSR count). The van der Waals surface area contributed by atoms with Crippen LogP contribution in [-0.4, -0.2) is 13.0 Å². The first-order valence-electron chi connectivity index (χ1n) is 9.10. The minimum absolute atomic E-state index is 0.00978. The maximum Gasteiger partial charge on any atom is 0.266 e. The van der Waals surface area contributed by atoms with E-state index in [1.807, 2.05) is 60.7 Å². The monoisotopic (exact) mass is 528 g/mol. The molecule has 0 radical (unpaired) electrons. The SMILES string of the molecule is COc1cc(/C=C(\C#N)C(=O)Nc2ccccc2)cc(I)c1Cc1ccccc1Cl. The van der Waals surface area contributed by atoms with Crippen LogP contribution in [0.2, 0.25) is 5.02 Å². The Morgan fingerprint density at radius 1 is 1.17 bits per heavy atom. The molecule has 0 fully saturated rings. The predicted molar refractivity (Wildman–Crippen MR) is 129 cm³/mol. The van der Waals surface area contributed by atoms with Crippen molar-refractivity contribution in [2.75, 3.05) is 12.4 Å². The maximum atomic E-state index is 12.5. The van der Waals surface area contributed by atoms with E-state index in [0.29, 0.717) is 28.4 Å². The first-order chi connectivity index (χ1) is 14.5. The Kier molecular flexibility index (Phi) is 7.50. The first-order valence-corrected chi connectivity index (χ1v) is 10.6. The van der Waals surface area contributed by atoms with E-state index in [2.05, 4.69) is 27.9 Å². The van der Waals surface area contributed by atoms with Crippen molar-refractivity contribution in [3.8, 4) is 11.8 Å². The van der Waals surface area contributed by atoms with Crippen LogP contribution in [0.1, 0.15) is 16.7 Å². The van der Waals surface area contributed by atoms with Crippen molar-refractivity contribution < 1.29 is 9.53 Å². The van der Waals surface area contributed by atoms with E-state index in [1.165, 1.54) is 0 Å². The molecule has 30 heavy (non-hydrogen) atoms. The Morgan fingerprint density at radius 2 is 1.87 bits per heavy atom. The van der Waals surface area contributed by atoms with Crippen LogP contribution < -0.4 is 10.1 Å². The third-order valence-corrected chi connectivity index (χ3v) is 5.76. The fourth-order valence-electron chi connectivity index (χ4n) is 2.94. The van der Waals surface area contributed by atoms with Gasteiger partial charge in [0, 0.05) is 26.3 Å². The Balaban J connectivity index is 1.90. The van der Waals surface area contributed by atoms with E-state index < -0.39 is 5.91 Å². The summed E-state index contributed by atoms with van der Waals surface area (Å²) in [6, 6.07) is 22.4. The lowest BCUT2D eigenvalue weighted by atomic mass is 10.0. The highest BCUT2D eigenvalue weighted by molar-refractivity contribution is 14.1. The Morgan fingerprint density at radius 3 is 2.53 bits per heavy atom. The number of nitrogens with zero attached hydrogens (tertiary/aromatic N) is 1. The normalized spacial score (nSPS) is 10.9. The van der Waals surface area contributed by atoms with Crippen molar-refractivity contribution in [1.29, 1.82) is 5.26 Å². The van der Waals surface area contributed by atoms with Crippen LogP contribution in [0.3, 0.4) is 0 Å². The van der Waals surface area contributed by atoms with Gasteiger partial charge in [0.15, 0.2) is 0 Å². The van der Waals surface area contributed by atoms with Gasteiger partial charge in [-0.05, 0) is 70.1 Å². The number of nitrogens with one attached hydrogen (secondary N) is 1. The molecule has 0 spiro atoms. The predicted octanol–water partition coefficient (Wildman–Crippen LogP) is 6.09. The second-order valence-corrected chi connectivity index (χ2v) is 8.01. The van der Waals surface area contributed by atoms with Crippen molar-refractivity contribution in [3.63, 3.8) is 0 Å². The highest BCUT2D eigenvalue weighted by atomic mass is 127. The fraction of sp³-hybridized carbons (Fsp3) is 0.0833. The molecular formula is C24H18ClIN2O2. The van der Waals surface area contributed by atoms with Gasteiger partial charge in [-0.2, -0.15) is 5.26 Å². The van der Waals surface area contributed by atoms with Crippen molar-refractivity contribution in [3.05, 3.63) is 97.6 Å². The van der Waals surface area contributed by atoms with Gasteiger partial charge in [-0.15, -0.1) is 0 Å². The molecule has 0 aromatic heterocycles. The molecule has 3 aromatic carbocycles. The third-order valence-electron chi connectivity index (χ3n) is 4.43. The van der Waals surface area contributed by atoms with E-state index in [9.17, 15) is 10.1 Å². The Hall–Kier alpha value is -2.82. The molecule has 0 saturated carbocycles. The van der Waals surface area contributed by atoms with Gasteiger partial charge in [0.2, 0.25) is 0 Å². The first kappa shape index (κ1) is 21.9. The van der Waals surface area contributed by atoms with Crippen LogP contribution in [0.15, 0.2) is 72.3 Å². The molecule has 1 N–H and O–H groups in total. The average molecular weight is 529 g/mol. The second kappa shape index (κ2) is 10.3. The zero-order chi connectivity index (χ0) is 21.5. The van der Waals surface area contributed by atoms with Gasteiger partial charge in [0.1, 0.15) is 17.4 Å². The van der Waals surface area contributed by atoms with E-state index in [-0.39, 0.29) is 5.57 Å². The van der Waals surface area contributed by atoms with E-state index in [0.717, 1.165) is 14.7 Å².